The summed E-state index contributed by atoms with van der Waals surface area (Å²) in [5, 5.41) is 8.89. The van der Waals surface area contributed by atoms with Gasteiger partial charge in [0.05, 0.1) is 11.7 Å². The molecular weight excluding hydrogens is 252 g/mol. The van der Waals surface area contributed by atoms with Crippen LogP contribution < -0.4 is 10.2 Å². The molecule has 1 aromatic heterocycles. The molecule has 0 amide bonds. The van der Waals surface area contributed by atoms with Gasteiger partial charge >= 0.3 is 0 Å². The molecule has 0 unspecified atom stereocenters. The summed E-state index contributed by atoms with van der Waals surface area (Å²) in [6.45, 7) is 0. The molecule has 0 radical (unpaired) electrons. The van der Waals surface area contributed by atoms with Crippen LogP contribution in [0.1, 0.15) is 0 Å². The van der Waals surface area contributed by atoms with Gasteiger partial charge in [0, 0.05) is 0 Å². The number of benzene rings is 1. The summed E-state index contributed by atoms with van der Waals surface area (Å²) in [7, 11) is 0. The Hall–Kier alpha value is -1.66. The van der Waals surface area contributed by atoms with Crippen molar-refractivity contribution in [3.05, 3.63) is 39.6 Å². The van der Waals surface area contributed by atoms with Gasteiger partial charge in [-0.15, -0.1) is 4.37 Å². The van der Waals surface area contributed by atoms with Crippen LogP contribution in [0.4, 0.5) is 0 Å². The van der Waals surface area contributed by atoms with Crippen LogP contribution in [0.3, 0.4) is 0 Å². The third-order valence-electron chi connectivity index (χ3n) is 1.68. The predicted molar refractivity (Wildman–Crippen MR) is 59.4 cm³/mol. The molecule has 16 heavy (non-hydrogen) atoms. The fourth-order valence-corrected chi connectivity index (χ4v) is 1.52. The first-order valence-corrected chi connectivity index (χ1v) is 5.27. The Bertz CT molecular complexity index is 555. The molecule has 0 saturated heterocycles. The lowest BCUT2D eigenvalue weighted by Crippen LogP contribution is -2.07. The van der Waals surface area contributed by atoms with Crippen molar-refractivity contribution in [1.82, 2.24) is 8.75 Å². The summed E-state index contributed by atoms with van der Waals surface area (Å²) in [5.74, 6) is 0.366. The topological polar surface area (TPSA) is 72.3 Å². The second-order valence-electron chi connectivity index (χ2n) is 2.79. The maximum atomic E-state index is 11.4. The second-order valence-corrected chi connectivity index (χ2v) is 3.67. The smallest absolute Gasteiger partial charge is 0.283 e. The molecule has 1 aromatic carbocycles. The first kappa shape index (κ1) is 10.8. The number of rotatable bonds is 2. The quantitative estimate of drug-likeness (QED) is 0.890. The number of aromatic hydroxyl groups is 1. The molecule has 0 spiro atoms. The summed E-state index contributed by atoms with van der Waals surface area (Å²) in [6, 6.07) is 5.89. The van der Waals surface area contributed by atoms with Gasteiger partial charge in [-0.25, -0.2) is 0 Å². The number of ether oxygens (including phenoxy) is 1. The SMILES string of the molecule is O=c1c(Cl)nsnc1Oc1ccc(O)cc1. The Kier molecular flexibility index (Phi) is 3.02. The van der Waals surface area contributed by atoms with E-state index in [-0.39, 0.29) is 16.8 Å². The van der Waals surface area contributed by atoms with Gasteiger partial charge < -0.3 is 9.84 Å². The van der Waals surface area contributed by atoms with E-state index in [1.54, 1.807) is 0 Å². The van der Waals surface area contributed by atoms with Crippen molar-refractivity contribution < 1.29 is 9.84 Å². The molecule has 0 aliphatic carbocycles. The van der Waals surface area contributed by atoms with Crippen LogP contribution >= 0.6 is 23.3 Å². The Morgan fingerprint density at radius 3 is 2.62 bits per heavy atom. The van der Waals surface area contributed by atoms with E-state index in [1.807, 2.05) is 0 Å². The zero-order chi connectivity index (χ0) is 11.5. The molecule has 2 aromatic rings. The minimum Gasteiger partial charge on any atom is -0.508 e. The highest BCUT2D eigenvalue weighted by molar-refractivity contribution is 6.99. The zero-order valence-corrected chi connectivity index (χ0v) is 9.33. The highest BCUT2D eigenvalue weighted by Crippen LogP contribution is 2.20. The van der Waals surface area contributed by atoms with E-state index in [0.29, 0.717) is 5.75 Å². The number of nitrogens with zero attached hydrogens (tertiary/aromatic N) is 2. The van der Waals surface area contributed by atoms with Gasteiger partial charge in [-0.1, -0.05) is 11.6 Å². The third-order valence-corrected chi connectivity index (χ3v) is 2.55. The van der Waals surface area contributed by atoms with E-state index < -0.39 is 5.43 Å². The van der Waals surface area contributed by atoms with Crippen LogP contribution in [0, 0.1) is 0 Å². The van der Waals surface area contributed by atoms with E-state index in [9.17, 15) is 4.79 Å². The first-order chi connectivity index (χ1) is 7.66. The lowest BCUT2D eigenvalue weighted by Gasteiger charge is -2.02. The molecule has 82 valence electrons. The van der Waals surface area contributed by atoms with Crippen LogP contribution in [-0.4, -0.2) is 13.9 Å². The Morgan fingerprint density at radius 2 is 1.94 bits per heavy atom. The number of phenolic OH excluding ortho intramolecular Hbond substituents is 1. The number of hydrogen-bond acceptors (Lipinski definition) is 6. The molecule has 0 fully saturated rings. The average Bonchev–Trinajstić information content (AvgIpc) is 2.28. The first-order valence-electron chi connectivity index (χ1n) is 4.16. The van der Waals surface area contributed by atoms with Gasteiger partial charge in [0.2, 0.25) is 0 Å². The zero-order valence-electron chi connectivity index (χ0n) is 7.75. The number of halogens is 1. The van der Waals surface area contributed by atoms with Crippen molar-refractivity contribution >= 4 is 23.3 Å². The molecule has 5 nitrogen and oxygen atoms in total. The molecule has 0 atom stereocenters. The Morgan fingerprint density at radius 1 is 1.25 bits per heavy atom. The number of hydrogen-bond donors (Lipinski definition) is 1. The molecule has 2 rings (SSSR count). The van der Waals surface area contributed by atoms with E-state index in [4.69, 9.17) is 21.4 Å². The van der Waals surface area contributed by atoms with Crippen molar-refractivity contribution in [2.24, 2.45) is 0 Å². The normalized spacial score (nSPS) is 10.1. The van der Waals surface area contributed by atoms with Crippen LogP contribution in [0.15, 0.2) is 29.1 Å². The second kappa shape index (κ2) is 4.46. The third kappa shape index (κ3) is 2.29. The minimum atomic E-state index is -0.562. The van der Waals surface area contributed by atoms with Gasteiger partial charge in [-0.3, -0.25) is 4.79 Å². The van der Waals surface area contributed by atoms with Crippen LogP contribution in [0.2, 0.25) is 5.15 Å². The Labute approximate surface area is 99.2 Å². The molecule has 7 heteroatoms. The minimum absolute atomic E-state index is 0.109. The average molecular weight is 257 g/mol. The predicted octanol–water partition coefficient (Wildman–Crippen LogP) is 2.05. The summed E-state index contributed by atoms with van der Waals surface area (Å²) in [6.07, 6.45) is 0. The fraction of sp³-hybridized carbons (Fsp3) is 0. The van der Waals surface area contributed by atoms with Crippen molar-refractivity contribution in [2.45, 2.75) is 0 Å². The molecule has 0 aliphatic rings. The molecule has 1 heterocycles. The van der Waals surface area contributed by atoms with E-state index >= 15 is 0 Å². The van der Waals surface area contributed by atoms with Gasteiger partial charge in [-0.05, 0) is 24.3 Å². The highest BCUT2D eigenvalue weighted by Gasteiger charge is 2.08. The monoisotopic (exact) mass is 256 g/mol. The van der Waals surface area contributed by atoms with E-state index in [1.165, 1.54) is 24.3 Å². The van der Waals surface area contributed by atoms with E-state index in [2.05, 4.69) is 8.75 Å². The lowest BCUT2D eigenvalue weighted by atomic mass is 10.3. The fourth-order valence-electron chi connectivity index (χ4n) is 0.955. The van der Waals surface area contributed by atoms with Crippen LogP contribution in [-0.2, 0) is 0 Å². The molecule has 1 N–H and O–H groups in total. The van der Waals surface area contributed by atoms with Gasteiger partial charge in [-0.2, -0.15) is 4.37 Å². The number of phenols is 1. The highest BCUT2D eigenvalue weighted by atomic mass is 35.5. The summed E-state index contributed by atoms with van der Waals surface area (Å²) in [4.78, 5) is 11.4. The Balaban J connectivity index is 2.31. The molecule has 0 bridgehead atoms. The summed E-state index contributed by atoms with van der Waals surface area (Å²) >= 11 is 6.32. The van der Waals surface area contributed by atoms with Crippen molar-refractivity contribution in [2.75, 3.05) is 0 Å². The number of aromatic nitrogens is 2. The summed E-state index contributed by atoms with van der Waals surface area (Å²) < 4.78 is 12.5. The summed E-state index contributed by atoms with van der Waals surface area (Å²) in [5.41, 5.74) is -0.562. The van der Waals surface area contributed by atoms with Crippen LogP contribution in [0.25, 0.3) is 0 Å². The maximum Gasteiger partial charge on any atom is 0.283 e. The van der Waals surface area contributed by atoms with Gasteiger partial charge in [0.1, 0.15) is 11.5 Å². The molecule has 0 saturated carbocycles. The molecular formula is C9H5ClN2O3S. The molecule has 0 aliphatic heterocycles. The van der Waals surface area contributed by atoms with E-state index in [0.717, 1.165) is 11.7 Å². The lowest BCUT2D eigenvalue weighted by molar-refractivity contribution is 0.453. The van der Waals surface area contributed by atoms with Crippen molar-refractivity contribution in [3.63, 3.8) is 0 Å². The largest absolute Gasteiger partial charge is 0.508 e. The maximum absolute atomic E-state index is 11.4. The standard InChI is InChI=1S/C9H5ClN2O3S/c10-8-7(14)9(12-16-11-8)15-6-3-1-5(13)2-4-6/h1-4,13H. The van der Waals surface area contributed by atoms with Crippen molar-refractivity contribution in [3.8, 4) is 17.4 Å². The van der Waals surface area contributed by atoms with Gasteiger partial charge in [0.25, 0.3) is 11.3 Å². The van der Waals surface area contributed by atoms with Crippen LogP contribution in [0.5, 0.6) is 17.4 Å². The van der Waals surface area contributed by atoms with Gasteiger partial charge in [0.15, 0.2) is 5.15 Å². The van der Waals surface area contributed by atoms with Crippen molar-refractivity contribution in [1.29, 1.82) is 0 Å².